The van der Waals surface area contributed by atoms with Crippen molar-refractivity contribution in [2.75, 3.05) is 13.1 Å². The molecule has 0 radical (unpaired) electrons. The predicted molar refractivity (Wildman–Crippen MR) is 84.9 cm³/mol. The van der Waals surface area contributed by atoms with E-state index in [1.165, 1.54) is 6.42 Å². The lowest BCUT2D eigenvalue weighted by Crippen LogP contribution is -2.39. The molecule has 0 aromatic carbocycles. The summed E-state index contributed by atoms with van der Waals surface area (Å²) in [6, 6.07) is 5.66. The Kier molecular flexibility index (Phi) is 6.37. The van der Waals surface area contributed by atoms with Gasteiger partial charge < -0.3 is 10.2 Å². The van der Waals surface area contributed by atoms with Gasteiger partial charge in [-0.25, -0.2) is 0 Å². The minimum atomic E-state index is -0.00225. The summed E-state index contributed by atoms with van der Waals surface area (Å²) in [7, 11) is 0. The summed E-state index contributed by atoms with van der Waals surface area (Å²) in [5, 5.41) is 2.97. The second-order valence-electron chi connectivity index (χ2n) is 5.89. The lowest BCUT2D eigenvalue weighted by molar-refractivity contribution is -0.130. The van der Waals surface area contributed by atoms with Gasteiger partial charge in [0.15, 0.2) is 0 Å². The Hall–Kier alpha value is -1.91. The molecule has 0 saturated heterocycles. The Labute approximate surface area is 132 Å². The molecular weight excluding hydrogens is 278 g/mol. The SMILES string of the molecule is CC(=O)N(CCNC(=O)C1CCCCC1)Cc1ccccn1. The number of nitrogens with zero attached hydrogens (tertiary/aromatic N) is 2. The average molecular weight is 303 g/mol. The number of amides is 2. The molecule has 1 aromatic rings. The van der Waals surface area contributed by atoms with Gasteiger partial charge in [-0.05, 0) is 25.0 Å². The van der Waals surface area contributed by atoms with Gasteiger partial charge in [0.05, 0.1) is 12.2 Å². The molecule has 1 N–H and O–H groups in total. The highest BCUT2D eigenvalue weighted by Crippen LogP contribution is 2.23. The van der Waals surface area contributed by atoms with E-state index in [0.717, 1.165) is 31.4 Å². The maximum atomic E-state index is 12.1. The first kappa shape index (κ1) is 16.5. The van der Waals surface area contributed by atoms with Crippen molar-refractivity contribution in [3.63, 3.8) is 0 Å². The molecule has 1 aromatic heterocycles. The predicted octanol–water partition coefficient (Wildman–Crippen LogP) is 2.13. The molecule has 0 aliphatic heterocycles. The fourth-order valence-electron chi connectivity index (χ4n) is 2.86. The van der Waals surface area contributed by atoms with E-state index < -0.39 is 0 Å². The molecule has 5 nitrogen and oxygen atoms in total. The topological polar surface area (TPSA) is 62.3 Å². The number of hydrogen-bond donors (Lipinski definition) is 1. The van der Waals surface area contributed by atoms with Crippen LogP contribution in [0.1, 0.15) is 44.7 Å². The van der Waals surface area contributed by atoms with E-state index in [0.29, 0.717) is 19.6 Å². The Morgan fingerprint density at radius 3 is 2.68 bits per heavy atom. The lowest BCUT2D eigenvalue weighted by atomic mass is 9.89. The molecule has 2 rings (SSSR count). The van der Waals surface area contributed by atoms with Gasteiger partial charge in [-0.2, -0.15) is 0 Å². The highest BCUT2D eigenvalue weighted by Gasteiger charge is 2.20. The van der Waals surface area contributed by atoms with Crippen LogP contribution in [0.15, 0.2) is 24.4 Å². The molecule has 1 saturated carbocycles. The van der Waals surface area contributed by atoms with E-state index in [9.17, 15) is 9.59 Å². The van der Waals surface area contributed by atoms with E-state index in [4.69, 9.17) is 0 Å². The van der Waals surface area contributed by atoms with Crippen molar-refractivity contribution >= 4 is 11.8 Å². The zero-order valence-electron chi connectivity index (χ0n) is 13.3. The number of carbonyl (C=O) groups is 2. The standard InChI is InChI=1S/C17H25N3O2/c1-14(21)20(13-16-9-5-6-10-18-16)12-11-19-17(22)15-7-3-2-4-8-15/h5-6,9-10,15H,2-4,7-8,11-13H2,1H3,(H,19,22). The van der Waals surface area contributed by atoms with Crippen LogP contribution in [0.5, 0.6) is 0 Å². The molecule has 0 atom stereocenters. The molecule has 0 unspecified atom stereocenters. The van der Waals surface area contributed by atoms with E-state index in [1.54, 1.807) is 18.0 Å². The number of pyridine rings is 1. The van der Waals surface area contributed by atoms with Crippen molar-refractivity contribution < 1.29 is 9.59 Å². The molecule has 0 spiro atoms. The van der Waals surface area contributed by atoms with Crippen LogP contribution in [0.3, 0.4) is 0 Å². The van der Waals surface area contributed by atoms with Gasteiger partial charge in [-0.3, -0.25) is 14.6 Å². The van der Waals surface area contributed by atoms with Crippen molar-refractivity contribution in [3.05, 3.63) is 30.1 Å². The largest absolute Gasteiger partial charge is 0.354 e. The summed E-state index contributed by atoms with van der Waals surface area (Å²) in [4.78, 5) is 29.7. The monoisotopic (exact) mass is 303 g/mol. The highest BCUT2D eigenvalue weighted by atomic mass is 16.2. The van der Waals surface area contributed by atoms with Crippen LogP contribution in [0.2, 0.25) is 0 Å². The highest BCUT2D eigenvalue weighted by molar-refractivity contribution is 5.78. The van der Waals surface area contributed by atoms with Crippen LogP contribution >= 0.6 is 0 Å². The first-order valence-corrected chi connectivity index (χ1v) is 8.10. The summed E-state index contributed by atoms with van der Waals surface area (Å²) in [6.07, 6.45) is 7.26. The van der Waals surface area contributed by atoms with Gasteiger partial charge >= 0.3 is 0 Å². The smallest absolute Gasteiger partial charge is 0.223 e. The van der Waals surface area contributed by atoms with Gasteiger partial charge in [-0.1, -0.05) is 25.3 Å². The lowest BCUT2D eigenvalue weighted by Gasteiger charge is -2.23. The van der Waals surface area contributed by atoms with Gasteiger partial charge in [0.2, 0.25) is 11.8 Å². The number of hydrogen-bond acceptors (Lipinski definition) is 3. The van der Waals surface area contributed by atoms with Crippen molar-refractivity contribution in [1.82, 2.24) is 15.2 Å². The zero-order valence-corrected chi connectivity index (χ0v) is 13.3. The van der Waals surface area contributed by atoms with Crippen molar-refractivity contribution in [1.29, 1.82) is 0 Å². The maximum Gasteiger partial charge on any atom is 0.223 e. The second-order valence-corrected chi connectivity index (χ2v) is 5.89. The van der Waals surface area contributed by atoms with Crippen LogP contribution in [-0.4, -0.2) is 34.8 Å². The van der Waals surface area contributed by atoms with Gasteiger partial charge in [0.25, 0.3) is 0 Å². The molecule has 22 heavy (non-hydrogen) atoms. The maximum absolute atomic E-state index is 12.1. The molecule has 1 heterocycles. The van der Waals surface area contributed by atoms with Crippen LogP contribution in [0.4, 0.5) is 0 Å². The summed E-state index contributed by atoms with van der Waals surface area (Å²) < 4.78 is 0. The van der Waals surface area contributed by atoms with E-state index in [-0.39, 0.29) is 17.7 Å². The van der Waals surface area contributed by atoms with Crippen molar-refractivity contribution in [2.24, 2.45) is 5.92 Å². The molecule has 120 valence electrons. The third-order valence-corrected chi connectivity index (χ3v) is 4.18. The average Bonchev–Trinajstić information content (AvgIpc) is 2.55. The van der Waals surface area contributed by atoms with E-state index >= 15 is 0 Å². The Morgan fingerprint density at radius 2 is 2.05 bits per heavy atom. The van der Waals surface area contributed by atoms with Crippen LogP contribution < -0.4 is 5.32 Å². The number of carbonyl (C=O) groups excluding carboxylic acids is 2. The van der Waals surface area contributed by atoms with Crippen LogP contribution in [0, 0.1) is 5.92 Å². The molecule has 1 aliphatic carbocycles. The van der Waals surface area contributed by atoms with Crippen molar-refractivity contribution in [3.8, 4) is 0 Å². The Bertz CT molecular complexity index is 484. The normalized spacial score (nSPS) is 15.3. The van der Waals surface area contributed by atoms with Crippen LogP contribution in [0.25, 0.3) is 0 Å². The fraction of sp³-hybridized carbons (Fsp3) is 0.588. The Balaban J connectivity index is 1.77. The fourth-order valence-corrected chi connectivity index (χ4v) is 2.86. The molecule has 1 aliphatic rings. The van der Waals surface area contributed by atoms with Crippen LogP contribution in [-0.2, 0) is 16.1 Å². The van der Waals surface area contributed by atoms with E-state index in [1.807, 2.05) is 18.2 Å². The molecule has 1 fully saturated rings. The Morgan fingerprint density at radius 1 is 1.27 bits per heavy atom. The number of nitrogens with one attached hydrogen (secondary N) is 1. The molecule has 2 amide bonds. The van der Waals surface area contributed by atoms with E-state index in [2.05, 4.69) is 10.3 Å². The second kappa shape index (κ2) is 8.51. The number of rotatable bonds is 6. The minimum absolute atomic E-state index is 0.00225. The third-order valence-electron chi connectivity index (χ3n) is 4.18. The third kappa shape index (κ3) is 5.13. The summed E-state index contributed by atoms with van der Waals surface area (Å²) in [6.45, 7) is 3.05. The minimum Gasteiger partial charge on any atom is -0.354 e. The summed E-state index contributed by atoms with van der Waals surface area (Å²) in [5.41, 5.74) is 0.858. The first-order valence-electron chi connectivity index (χ1n) is 8.10. The first-order chi connectivity index (χ1) is 10.7. The molecule has 5 heteroatoms. The molecular formula is C17H25N3O2. The van der Waals surface area contributed by atoms with Crippen molar-refractivity contribution in [2.45, 2.75) is 45.6 Å². The van der Waals surface area contributed by atoms with Gasteiger partial charge in [0, 0.05) is 32.1 Å². The zero-order chi connectivity index (χ0) is 15.8. The van der Waals surface area contributed by atoms with Gasteiger partial charge in [-0.15, -0.1) is 0 Å². The quantitative estimate of drug-likeness (QED) is 0.875. The van der Waals surface area contributed by atoms with Gasteiger partial charge in [0.1, 0.15) is 0 Å². The summed E-state index contributed by atoms with van der Waals surface area (Å²) in [5.74, 6) is 0.300. The molecule has 0 bridgehead atoms. The summed E-state index contributed by atoms with van der Waals surface area (Å²) >= 11 is 0. The number of aromatic nitrogens is 1.